The number of methoxy groups -OCH3 is 6. The van der Waals surface area contributed by atoms with E-state index in [1.165, 1.54) is 60.9 Å². The highest BCUT2D eigenvalue weighted by atomic mass is 16.6. The van der Waals surface area contributed by atoms with Gasteiger partial charge in [0, 0.05) is 0 Å². The fraction of sp³-hybridized carbons (Fsp3) is 0.382. The largest absolute Gasteiger partial charge is 0.493 e. The van der Waals surface area contributed by atoms with E-state index in [0.29, 0.717) is 47.3 Å². The van der Waals surface area contributed by atoms with Crippen molar-refractivity contribution in [2.45, 2.75) is 19.8 Å². The second-order valence-corrected chi connectivity index (χ2v) is 10.2. The zero-order valence-corrected chi connectivity index (χ0v) is 27.1. The lowest BCUT2D eigenvalue weighted by molar-refractivity contribution is -0.0404. The Labute approximate surface area is 268 Å². The Morgan fingerprint density at radius 1 is 0.478 bits per heavy atom. The van der Waals surface area contributed by atoms with Gasteiger partial charge in [-0.1, -0.05) is 13.3 Å². The zero-order chi connectivity index (χ0) is 33.7. The molecule has 0 saturated heterocycles. The van der Waals surface area contributed by atoms with E-state index >= 15 is 0 Å². The molecule has 0 aromatic heterocycles. The quantitative estimate of drug-likeness (QED) is 0.138. The number of hydrogen-bond donors (Lipinski definition) is 0. The molecule has 12 nitrogen and oxygen atoms in total. The molecule has 0 N–H and O–H groups in total. The van der Waals surface area contributed by atoms with Crippen LogP contribution >= 0.6 is 0 Å². The molecule has 12 heteroatoms. The Kier molecular flexibility index (Phi) is 12.9. The third-order valence-corrected chi connectivity index (χ3v) is 7.17. The third kappa shape index (κ3) is 8.74. The van der Waals surface area contributed by atoms with Crippen LogP contribution in [0.2, 0.25) is 0 Å². The number of carbonyl (C=O) groups is 3. The standard InChI is InChI=1S/C34H40O12/c1-8-15-34(19-44-31(35)22-9-12-25(38-2)28(16-22)41-5,20-45-32(36)23-10-13-26(39-3)29(17-23)42-6)21-46-33(37)24-11-14-27(40-4)30(18-24)43-7/h9-14,16-18H,8,15,19-21H2,1-7H3. The van der Waals surface area contributed by atoms with Gasteiger partial charge in [0.15, 0.2) is 34.5 Å². The van der Waals surface area contributed by atoms with Crippen molar-refractivity contribution < 1.29 is 57.0 Å². The first-order valence-electron chi connectivity index (χ1n) is 14.4. The van der Waals surface area contributed by atoms with Gasteiger partial charge in [0.25, 0.3) is 0 Å². The van der Waals surface area contributed by atoms with Crippen LogP contribution in [0.5, 0.6) is 34.5 Å². The van der Waals surface area contributed by atoms with Crippen molar-refractivity contribution in [2.24, 2.45) is 5.41 Å². The smallest absolute Gasteiger partial charge is 0.338 e. The van der Waals surface area contributed by atoms with Crippen LogP contribution in [0.1, 0.15) is 50.8 Å². The lowest BCUT2D eigenvalue weighted by atomic mass is 9.85. The van der Waals surface area contributed by atoms with Crippen LogP contribution in [-0.4, -0.2) is 80.4 Å². The Hall–Kier alpha value is -5.13. The van der Waals surface area contributed by atoms with Gasteiger partial charge in [-0.2, -0.15) is 0 Å². The predicted molar refractivity (Wildman–Crippen MR) is 167 cm³/mol. The fourth-order valence-corrected chi connectivity index (χ4v) is 4.67. The van der Waals surface area contributed by atoms with Crippen LogP contribution in [0.4, 0.5) is 0 Å². The van der Waals surface area contributed by atoms with Crippen LogP contribution in [0, 0.1) is 5.41 Å². The van der Waals surface area contributed by atoms with Gasteiger partial charge < -0.3 is 42.6 Å². The van der Waals surface area contributed by atoms with Crippen LogP contribution in [0.25, 0.3) is 0 Å². The van der Waals surface area contributed by atoms with Gasteiger partial charge in [-0.15, -0.1) is 0 Å². The van der Waals surface area contributed by atoms with Crippen LogP contribution in [-0.2, 0) is 14.2 Å². The second-order valence-electron chi connectivity index (χ2n) is 10.2. The maximum atomic E-state index is 13.2. The molecule has 0 fully saturated rings. The second kappa shape index (κ2) is 16.8. The van der Waals surface area contributed by atoms with Crippen molar-refractivity contribution in [1.29, 1.82) is 0 Å². The summed E-state index contributed by atoms with van der Waals surface area (Å²) in [4.78, 5) is 39.5. The maximum absolute atomic E-state index is 13.2. The van der Waals surface area contributed by atoms with Crippen molar-refractivity contribution in [3.8, 4) is 34.5 Å². The van der Waals surface area contributed by atoms with E-state index in [-0.39, 0.29) is 36.5 Å². The van der Waals surface area contributed by atoms with E-state index < -0.39 is 23.3 Å². The molecule has 0 aliphatic rings. The molecule has 0 aliphatic heterocycles. The summed E-state index contributed by atoms with van der Waals surface area (Å²) in [5.41, 5.74) is -0.451. The zero-order valence-electron chi connectivity index (χ0n) is 27.1. The van der Waals surface area contributed by atoms with E-state index in [1.54, 1.807) is 36.4 Å². The summed E-state index contributed by atoms with van der Waals surface area (Å²) in [6, 6.07) is 13.9. The van der Waals surface area contributed by atoms with E-state index in [0.717, 1.165) is 0 Å². The van der Waals surface area contributed by atoms with Crippen LogP contribution < -0.4 is 28.4 Å². The minimum Gasteiger partial charge on any atom is -0.493 e. The Balaban J connectivity index is 1.87. The summed E-state index contributed by atoms with van der Waals surface area (Å²) in [5.74, 6) is 0.436. The number of esters is 3. The molecular formula is C34H40O12. The van der Waals surface area contributed by atoms with Gasteiger partial charge in [0.1, 0.15) is 19.8 Å². The fourth-order valence-electron chi connectivity index (χ4n) is 4.67. The maximum Gasteiger partial charge on any atom is 0.338 e. The Morgan fingerprint density at radius 3 is 1.00 bits per heavy atom. The van der Waals surface area contributed by atoms with Gasteiger partial charge in [-0.3, -0.25) is 0 Å². The lowest BCUT2D eigenvalue weighted by Crippen LogP contribution is -2.39. The molecule has 0 unspecified atom stereocenters. The highest BCUT2D eigenvalue weighted by Crippen LogP contribution is 2.32. The predicted octanol–water partition coefficient (Wildman–Crippen LogP) is 5.40. The Morgan fingerprint density at radius 2 is 0.761 bits per heavy atom. The van der Waals surface area contributed by atoms with Crippen molar-refractivity contribution in [2.75, 3.05) is 62.5 Å². The molecule has 0 saturated carbocycles. The van der Waals surface area contributed by atoms with Crippen molar-refractivity contribution in [3.63, 3.8) is 0 Å². The minimum absolute atomic E-state index is 0.215. The first kappa shape index (κ1) is 35.4. The van der Waals surface area contributed by atoms with Crippen molar-refractivity contribution >= 4 is 17.9 Å². The highest BCUT2D eigenvalue weighted by molar-refractivity contribution is 5.91. The molecule has 248 valence electrons. The summed E-state index contributed by atoms with van der Waals surface area (Å²) in [6.45, 7) is 1.22. The molecular weight excluding hydrogens is 600 g/mol. The first-order chi connectivity index (χ1) is 22.2. The molecule has 3 aromatic rings. The summed E-state index contributed by atoms with van der Waals surface area (Å²) in [7, 11) is 8.83. The molecule has 3 aromatic carbocycles. The number of hydrogen-bond acceptors (Lipinski definition) is 12. The molecule has 0 spiro atoms. The molecule has 0 heterocycles. The monoisotopic (exact) mass is 640 g/mol. The molecule has 0 aliphatic carbocycles. The van der Waals surface area contributed by atoms with Gasteiger partial charge >= 0.3 is 17.9 Å². The molecule has 0 atom stereocenters. The highest BCUT2D eigenvalue weighted by Gasteiger charge is 2.36. The SMILES string of the molecule is CCCC(COC(=O)c1ccc(OC)c(OC)c1)(COC(=O)c1ccc(OC)c(OC)c1)COC(=O)c1ccc(OC)c(OC)c1. The van der Waals surface area contributed by atoms with Gasteiger partial charge in [-0.05, 0) is 61.0 Å². The van der Waals surface area contributed by atoms with E-state index in [1.807, 2.05) is 6.92 Å². The van der Waals surface area contributed by atoms with E-state index in [2.05, 4.69) is 0 Å². The summed E-state index contributed by atoms with van der Waals surface area (Å²) >= 11 is 0. The molecule has 46 heavy (non-hydrogen) atoms. The lowest BCUT2D eigenvalue weighted by Gasteiger charge is -2.32. The van der Waals surface area contributed by atoms with Gasteiger partial charge in [-0.25, -0.2) is 14.4 Å². The Bertz CT molecular complexity index is 1330. The number of benzene rings is 3. The van der Waals surface area contributed by atoms with Crippen LogP contribution in [0.3, 0.4) is 0 Å². The molecule has 0 amide bonds. The van der Waals surface area contributed by atoms with Crippen molar-refractivity contribution in [3.05, 3.63) is 71.3 Å². The summed E-state index contributed by atoms with van der Waals surface area (Å²) in [5, 5.41) is 0. The van der Waals surface area contributed by atoms with Gasteiger partial charge in [0.05, 0.1) is 64.8 Å². The molecule has 3 rings (SSSR count). The molecule has 0 bridgehead atoms. The summed E-state index contributed by atoms with van der Waals surface area (Å²) in [6.07, 6.45) is 0.973. The average molecular weight is 641 g/mol. The summed E-state index contributed by atoms with van der Waals surface area (Å²) < 4.78 is 48.9. The van der Waals surface area contributed by atoms with E-state index in [9.17, 15) is 14.4 Å². The first-order valence-corrected chi connectivity index (χ1v) is 14.4. The van der Waals surface area contributed by atoms with Crippen molar-refractivity contribution in [1.82, 2.24) is 0 Å². The topological polar surface area (TPSA) is 134 Å². The number of carbonyl (C=O) groups excluding carboxylic acids is 3. The van der Waals surface area contributed by atoms with Crippen LogP contribution in [0.15, 0.2) is 54.6 Å². The van der Waals surface area contributed by atoms with Gasteiger partial charge in [0.2, 0.25) is 0 Å². The van der Waals surface area contributed by atoms with E-state index in [4.69, 9.17) is 42.6 Å². The number of rotatable bonds is 17. The number of ether oxygens (including phenoxy) is 9. The third-order valence-electron chi connectivity index (χ3n) is 7.17. The average Bonchev–Trinajstić information content (AvgIpc) is 3.10. The molecule has 0 radical (unpaired) electrons. The minimum atomic E-state index is -1.10. The normalized spacial score (nSPS) is 10.8.